The van der Waals surface area contributed by atoms with E-state index >= 15 is 0 Å². The molecule has 0 aromatic carbocycles. The Kier molecular flexibility index (Phi) is 4.52. The predicted octanol–water partition coefficient (Wildman–Crippen LogP) is 2.13. The molecule has 5 nitrogen and oxygen atoms in total. The molecule has 5 heteroatoms. The largest absolute Gasteiger partial charge is 0.380 e. The van der Waals surface area contributed by atoms with E-state index < -0.39 is 0 Å². The molecule has 0 aliphatic heterocycles. The van der Waals surface area contributed by atoms with E-state index in [9.17, 15) is 0 Å². The fourth-order valence-corrected chi connectivity index (χ4v) is 1.87. The van der Waals surface area contributed by atoms with E-state index in [2.05, 4.69) is 28.4 Å². The number of rotatable bonds is 7. The Balaban J connectivity index is 2.15. The average Bonchev–Trinajstić information content (AvgIpc) is 2.83. The van der Waals surface area contributed by atoms with Gasteiger partial charge in [-0.3, -0.25) is 0 Å². The second-order valence-electron chi connectivity index (χ2n) is 4.11. The molecule has 0 fully saturated rings. The third-order valence-electron chi connectivity index (χ3n) is 2.68. The molecule has 2 heterocycles. The van der Waals surface area contributed by atoms with Crippen LogP contribution in [0, 0.1) is 0 Å². The van der Waals surface area contributed by atoms with Crippen molar-refractivity contribution in [1.29, 1.82) is 0 Å². The molecule has 0 amide bonds. The van der Waals surface area contributed by atoms with Crippen LogP contribution in [-0.4, -0.2) is 34.4 Å². The quantitative estimate of drug-likeness (QED) is 0.763. The summed E-state index contributed by atoms with van der Waals surface area (Å²) < 4.78 is 7.14. The van der Waals surface area contributed by atoms with Crippen molar-refractivity contribution in [2.24, 2.45) is 0 Å². The van der Waals surface area contributed by atoms with Gasteiger partial charge in [-0.2, -0.15) is 9.61 Å². The Morgan fingerprint density at radius 1 is 1.39 bits per heavy atom. The van der Waals surface area contributed by atoms with Crippen LogP contribution in [0.4, 0.5) is 5.82 Å². The number of aryl methyl sites for hydroxylation is 1. The second kappa shape index (κ2) is 6.35. The van der Waals surface area contributed by atoms with Gasteiger partial charge in [0, 0.05) is 31.0 Å². The summed E-state index contributed by atoms with van der Waals surface area (Å²) in [4.78, 5) is 4.56. The van der Waals surface area contributed by atoms with Gasteiger partial charge in [0.25, 0.3) is 0 Å². The summed E-state index contributed by atoms with van der Waals surface area (Å²) in [6.07, 6.45) is 3.85. The lowest BCUT2D eigenvalue weighted by atomic mass is 10.2. The standard InChI is InChI=1S/C13H20N4O/c1-3-5-11-10-13(14-8-9-18-4-2)17-12(16-11)6-7-15-17/h6-7,10,14H,3-5,8-9H2,1-2H3. The van der Waals surface area contributed by atoms with Crippen molar-refractivity contribution < 1.29 is 4.74 Å². The molecule has 0 unspecified atom stereocenters. The summed E-state index contributed by atoms with van der Waals surface area (Å²) in [6, 6.07) is 3.99. The Hall–Kier alpha value is -1.62. The zero-order chi connectivity index (χ0) is 12.8. The van der Waals surface area contributed by atoms with Crippen LogP contribution < -0.4 is 5.32 Å². The lowest BCUT2D eigenvalue weighted by Gasteiger charge is -2.10. The van der Waals surface area contributed by atoms with Crippen LogP contribution in [0.1, 0.15) is 26.0 Å². The van der Waals surface area contributed by atoms with Crippen LogP contribution in [0.15, 0.2) is 18.3 Å². The van der Waals surface area contributed by atoms with Crippen molar-refractivity contribution in [3.63, 3.8) is 0 Å². The number of fused-ring (bicyclic) bond motifs is 1. The Morgan fingerprint density at radius 3 is 3.06 bits per heavy atom. The number of nitrogens with one attached hydrogen (secondary N) is 1. The minimum absolute atomic E-state index is 0.699. The monoisotopic (exact) mass is 248 g/mol. The minimum atomic E-state index is 0.699. The first-order valence-electron chi connectivity index (χ1n) is 6.50. The van der Waals surface area contributed by atoms with E-state index in [1.54, 1.807) is 6.20 Å². The van der Waals surface area contributed by atoms with Crippen molar-refractivity contribution in [1.82, 2.24) is 14.6 Å². The Bertz CT molecular complexity index is 495. The van der Waals surface area contributed by atoms with Gasteiger partial charge in [0.1, 0.15) is 5.82 Å². The number of ether oxygens (including phenoxy) is 1. The van der Waals surface area contributed by atoms with Gasteiger partial charge in [-0.25, -0.2) is 4.98 Å². The molecule has 2 aromatic rings. The van der Waals surface area contributed by atoms with Gasteiger partial charge in [0.05, 0.1) is 12.8 Å². The summed E-state index contributed by atoms with van der Waals surface area (Å²) in [7, 11) is 0. The van der Waals surface area contributed by atoms with Crippen molar-refractivity contribution >= 4 is 11.5 Å². The highest BCUT2D eigenvalue weighted by Gasteiger charge is 2.05. The third kappa shape index (κ3) is 2.98. The Labute approximate surface area is 107 Å². The highest BCUT2D eigenvalue weighted by molar-refractivity contribution is 5.49. The van der Waals surface area contributed by atoms with Crippen LogP contribution in [0.2, 0.25) is 0 Å². The summed E-state index contributed by atoms with van der Waals surface area (Å²) >= 11 is 0. The SMILES string of the molecule is CCCc1cc(NCCOCC)n2nccc2n1. The van der Waals surface area contributed by atoms with Crippen LogP contribution in [-0.2, 0) is 11.2 Å². The number of anilines is 1. The number of nitrogens with zero attached hydrogens (tertiary/aromatic N) is 3. The fourth-order valence-electron chi connectivity index (χ4n) is 1.87. The van der Waals surface area contributed by atoms with E-state index in [0.717, 1.165) is 43.2 Å². The smallest absolute Gasteiger partial charge is 0.157 e. The van der Waals surface area contributed by atoms with Crippen LogP contribution >= 0.6 is 0 Å². The van der Waals surface area contributed by atoms with E-state index in [4.69, 9.17) is 4.74 Å². The van der Waals surface area contributed by atoms with Crippen molar-refractivity contribution in [3.8, 4) is 0 Å². The third-order valence-corrected chi connectivity index (χ3v) is 2.68. The maximum atomic E-state index is 5.32. The minimum Gasteiger partial charge on any atom is -0.380 e. The van der Waals surface area contributed by atoms with Crippen LogP contribution in [0.25, 0.3) is 5.65 Å². The second-order valence-corrected chi connectivity index (χ2v) is 4.11. The number of hydrogen-bond acceptors (Lipinski definition) is 4. The molecule has 0 saturated carbocycles. The molecular weight excluding hydrogens is 228 g/mol. The molecule has 0 saturated heterocycles. The summed E-state index contributed by atoms with van der Waals surface area (Å²) in [5, 5.41) is 7.61. The Morgan fingerprint density at radius 2 is 2.28 bits per heavy atom. The zero-order valence-electron chi connectivity index (χ0n) is 11.0. The van der Waals surface area contributed by atoms with Crippen molar-refractivity contribution in [3.05, 3.63) is 24.0 Å². The molecule has 0 aliphatic rings. The summed E-state index contributed by atoms with van der Waals surface area (Å²) in [5.74, 6) is 0.980. The molecule has 0 aliphatic carbocycles. The average molecular weight is 248 g/mol. The molecule has 98 valence electrons. The van der Waals surface area contributed by atoms with E-state index in [1.807, 2.05) is 17.5 Å². The molecule has 18 heavy (non-hydrogen) atoms. The normalized spacial score (nSPS) is 11.0. The van der Waals surface area contributed by atoms with Gasteiger partial charge in [0.15, 0.2) is 5.65 Å². The van der Waals surface area contributed by atoms with Gasteiger partial charge in [0.2, 0.25) is 0 Å². The molecule has 0 spiro atoms. The van der Waals surface area contributed by atoms with Gasteiger partial charge in [-0.15, -0.1) is 0 Å². The molecule has 0 radical (unpaired) electrons. The first kappa shape index (κ1) is 12.8. The predicted molar refractivity (Wildman–Crippen MR) is 72.0 cm³/mol. The van der Waals surface area contributed by atoms with Gasteiger partial charge >= 0.3 is 0 Å². The lowest BCUT2D eigenvalue weighted by molar-refractivity contribution is 0.158. The van der Waals surface area contributed by atoms with E-state index in [1.165, 1.54) is 0 Å². The first-order valence-corrected chi connectivity index (χ1v) is 6.50. The molecule has 2 rings (SSSR count). The topological polar surface area (TPSA) is 51.5 Å². The number of hydrogen-bond donors (Lipinski definition) is 1. The fraction of sp³-hybridized carbons (Fsp3) is 0.538. The van der Waals surface area contributed by atoms with Gasteiger partial charge in [-0.05, 0) is 13.3 Å². The summed E-state index contributed by atoms with van der Waals surface area (Å²) in [5.41, 5.74) is 1.99. The molecule has 0 atom stereocenters. The molecule has 2 aromatic heterocycles. The zero-order valence-corrected chi connectivity index (χ0v) is 11.0. The highest BCUT2D eigenvalue weighted by atomic mass is 16.5. The summed E-state index contributed by atoms with van der Waals surface area (Å²) in [6.45, 7) is 6.38. The molecule has 0 bridgehead atoms. The van der Waals surface area contributed by atoms with Gasteiger partial charge < -0.3 is 10.1 Å². The van der Waals surface area contributed by atoms with Crippen molar-refractivity contribution in [2.45, 2.75) is 26.7 Å². The lowest BCUT2D eigenvalue weighted by Crippen LogP contribution is -2.13. The van der Waals surface area contributed by atoms with Gasteiger partial charge in [-0.1, -0.05) is 13.3 Å². The maximum Gasteiger partial charge on any atom is 0.157 e. The highest BCUT2D eigenvalue weighted by Crippen LogP contribution is 2.13. The van der Waals surface area contributed by atoms with E-state index in [-0.39, 0.29) is 0 Å². The van der Waals surface area contributed by atoms with E-state index in [0.29, 0.717) is 6.61 Å². The maximum absolute atomic E-state index is 5.32. The molecule has 1 N–H and O–H groups in total. The van der Waals surface area contributed by atoms with Crippen LogP contribution in [0.5, 0.6) is 0 Å². The first-order chi connectivity index (χ1) is 8.85. The number of aromatic nitrogens is 3. The molecular formula is C13H20N4O. The van der Waals surface area contributed by atoms with Crippen molar-refractivity contribution in [2.75, 3.05) is 25.1 Å². The van der Waals surface area contributed by atoms with Crippen LogP contribution in [0.3, 0.4) is 0 Å².